The Morgan fingerprint density at radius 3 is 1.73 bits per heavy atom. The van der Waals surface area contributed by atoms with E-state index in [9.17, 15) is 9.59 Å². The maximum Gasteiger partial charge on any atom is 0.306 e. The molecule has 1 unspecified atom stereocenters. The van der Waals surface area contributed by atoms with Crippen molar-refractivity contribution < 1.29 is 19.4 Å². The Morgan fingerprint density at radius 1 is 0.585 bits per heavy atom. The van der Waals surface area contributed by atoms with Gasteiger partial charge >= 0.3 is 11.9 Å². The van der Waals surface area contributed by atoms with E-state index >= 15 is 0 Å². The van der Waals surface area contributed by atoms with Crippen molar-refractivity contribution in [3.8, 4) is 0 Å². The van der Waals surface area contributed by atoms with E-state index < -0.39 is 5.97 Å². The first-order valence-electron chi connectivity index (χ1n) is 17.1. The van der Waals surface area contributed by atoms with Crippen LogP contribution in [0.4, 0.5) is 0 Å². The molecule has 0 bridgehead atoms. The number of aliphatic carboxylic acids is 1. The number of esters is 1. The zero-order valence-electron chi connectivity index (χ0n) is 26.8. The van der Waals surface area contributed by atoms with Crippen molar-refractivity contribution in [1.82, 2.24) is 0 Å². The largest absolute Gasteiger partial charge is 0.481 e. The minimum atomic E-state index is -0.725. The summed E-state index contributed by atoms with van der Waals surface area (Å²) in [5, 5.41) is 8.80. The predicted molar refractivity (Wildman–Crippen MR) is 176 cm³/mol. The van der Waals surface area contributed by atoms with E-state index in [1.807, 2.05) is 0 Å². The number of hydrogen-bond donors (Lipinski definition) is 1. The molecule has 1 atom stereocenters. The summed E-state index contributed by atoms with van der Waals surface area (Å²) in [7, 11) is 0. The molecule has 0 amide bonds. The van der Waals surface area contributed by atoms with E-state index in [1.165, 1.54) is 64.2 Å². The van der Waals surface area contributed by atoms with Crippen LogP contribution in [0.15, 0.2) is 48.6 Å². The molecule has 0 spiro atoms. The monoisotopic (exact) mass is 572 g/mol. The Balaban J connectivity index is 4.10. The zero-order chi connectivity index (χ0) is 30.1. The Labute approximate surface area is 253 Å². The molecular weight excluding hydrogens is 508 g/mol. The number of carbonyl (C=O) groups excluding carboxylic acids is 1. The standard InChI is InChI=1S/C37H64O4/c1-3-5-7-9-11-13-14-15-16-17-18-20-22-24-30-34-37(40)41-35(32-28-25-26-29-33-36(38)39)31-27-23-21-19-12-10-8-6-4-2/h5,7,11,13,15-16,27,31,35H,3-4,6,8-10,12,14,17-26,28-30,32-34H2,1-2H3,(H,38,39)/b7-5-,13-11-,16-15-,31-27-. The van der Waals surface area contributed by atoms with Gasteiger partial charge in [0.25, 0.3) is 0 Å². The van der Waals surface area contributed by atoms with E-state index in [4.69, 9.17) is 9.84 Å². The fourth-order valence-electron chi connectivity index (χ4n) is 4.75. The number of unbranched alkanes of at least 4 members (excludes halogenated alkanes) is 15. The van der Waals surface area contributed by atoms with Gasteiger partial charge in [0.2, 0.25) is 0 Å². The summed E-state index contributed by atoms with van der Waals surface area (Å²) in [6.45, 7) is 4.41. The van der Waals surface area contributed by atoms with Gasteiger partial charge in [-0.25, -0.2) is 0 Å². The molecule has 0 aromatic carbocycles. The second-order valence-electron chi connectivity index (χ2n) is 11.3. The molecule has 0 aliphatic rings. The first-order valence-corrected chi connectivity index (χ1v) is 17.1. The molecule has 1 N–H and O–H groups in total. The molecular formula is C37H64O4. The number of carboxylic acids is 1. The maximum absolute atomic E-state index is 12.5. The molecule has 4 nitrogen and oxygen atoms in total. The molecule has 41 heavy (non-hydrogen) atoms. The Hall–Kier alpha value is -2.10. The van der Waals surface area contributed by atoms with Gasteiger partial charge < -0.3 is 9.84 Å². The lowest BCUT2D eigenvalue weighted by Crippen LogP contribution is -2.16. The minimum absolute atomic E-state index is 0.0809. The smallest absolute Gasteiger partial charge is 0.306 e. The predicted octanol–water partition coefficient (Wildman–Crippen LogP) is 11.6. The summed E-state index contributed by atoms with van der Waals surface area (Å²) in [6.07, 6.45) is 42.7. The van der Waals surface area contributed by atoms with E-state index in [0.29, 0.717) is 6.42 Å². The van der Waals surface area contributed by atoms with Crippen LogP contribution in [0.1, 0.15) is 168 Å². The number of hydrogen-bond acceptors (Lipinski definition) is 3. The fraction of sp³-hybridized carbons (Fsp3) is 0.730. The minimum Gasteiger partial charge on any atom is -0.481 e. The van der Waals surface area contributed by atoms with Crippen molar-refractivity contribution in [2.24, 2.45) is 0 Å². The van der Waals surface area contributed by atoms with E-state index in [2.05, 4.69) is 62.5 Å². The molecule has 0 aromatic rings. The second kappa shape index (κ2) is 32.4. The average molecular weight is 573 g/mol. The Bertz CT molecular complexity index is 704. The average Bonchev–Trinajstić information content (AvgIpc) is 2.95. The van der Waals surface area contributed by atoms with E-state index in [0.717, 1.165) is 77.0 Å². The third kappa shape index (κ3) is 32.3. The highest BCUT2D eigenvalue weighted by Crippen LogP contribution is 2.15. The number of rotatable bonds is 30. The molecule has 4 heteroatoms. The molecule has 0 aliphatic heterocycles. The highest BCUT2D eigenvalue weighted by Gasteiger charge is 2.11. The first-order chi connectivity index (χ1) is 20.1. The number of carbonyl (C=O) groups is 2. The second-order valence-corrected chi connectivity index (χ2v) is 11.3. The van der Waals surface area contributed by atoms with Gasteiger partial charge in [0.05, 0.1) is 0 Å². The van der Waals surface area contributed by atoms with Crippen molar-refractivity contribution in [3.05, 3.63) is 48.6 Å². The van der Waals surface area contributed by atoms with E-state index in [-0.39, 0.29) is 18.5 Å². The van der Waals surface area contributed by atoms with Crippen LogP contribution >= 0.6 is 0 Å². The van der Waals surface area contributed by atoms with Crippen LogP contribution in [0.25, 0.3) is 0 Å². The number of allylic oxidation sites excluding steroid dienone is 7. The van der Waals surface area contributed by atoms with Crippen LogP contribution in [-0.4, -0.2) is 23.1 Å². The summed E-state index contributed by atoms with van der Waals surface area (Å²) in [5.74, 6) is -0.806. The SMILES string of the molecule is CC/C=C\C/C=C\C/C=C\CCCCCCCC(=O)OC(/C=C\CCCCCCCCC)CCCCCCC(=O)O. The molecule has 0 saturated carbocycles. The lowest BCUT2D eigenvalue weighted by atomic mass is 10.1. The quantitative estimate of drug-likeness (QED) is 0.0528. The lowest BCUT2D eigenvalue weighted by Gasteiger charge is -2.15. The third-order valence-corrected chi connectivity index (χ3v) is 7.27. The van der Waals surface area contributed by atoms with Gasteiger partial charge in [-0.3, -0.25) is 9.59 Å². The Morgan fingerprint density at radius 2 is 1.10 bits per heavy atom. The summed E-state index contributed by atoms with van der Waals surface area (Å²) < 4.78 is 5.85. The molecule has 0 saturated heterocycles. The molecule has 0 fully saturated rings. The van der Waals surface area contributed by atoms with Gasteiger partial charge in [0, 0.05) is 12.8 Å². The van der Waals surface area contributed by atoms with Gasteiger partial charge in [0.15, 0.2) is 0 Å². The Kier molecular flexibility index (Phi) is 30.8. The summed E-state index contributed by atoms with van der Waals surface area (Å²) in [6, 6.07) is 0. The van der Waals surface area contributed by atoms with Gasteiger partial charge in [-0.1, -0.05) is 127 Å². The molecule has 0 rings (SSSR count). The molecule has 236 valence electrons. The maximum atomic E-state index is 12.5. The van der Waals surface area contributed by atoms with Crippen molar-refractivity contribution in [3.63, 3.8) is 0 Å². The van der Waals surface area contributed by atoms with Crippen LogP contribution < -0.4 is 0 Å². The summed E-state index contributed by atoms with van der Waals surface area (Å²) >= 11 is 0. The normalized spacial score (nSPS) is 12.8. The van der Waals surface area contributed by atoms with Crippen LogP contribution in [0, 0.1) is 0 Å². The van der Waals surface area contributed by atoms with Gasteiger partial charge in [-0.15, -0.1) is 0 Å². The number of carboxylic acid groups (broad SMARTS) is 1. The highest BCUT2D eigenvalue weighted by atomic mass is 16.5. The summed E-state index contributed by atoms with van der Waals surface area (Å²) in [5.41, 5.74) is 0. The van der Waals surface area contributed by atoms with Crippen molar-refractivity contribution in [2.75, 3.05) is 0 Å². The first kappa shape index (κ1) is 38.9. The van der Waals surface area contributed by atoms with Gasteiger partial charge in [-0.05, 0) is 76.7 Å². The fourth-order valence-corrected chi connectivity index (χ4v) is 4.75. The van der Waals surface area contributed by atoms with Crippen molar-refractivity contribution in [1.29, 1.82) is 0 Å². The molecule has 0 radical (unpaired) electrons. The highest BCUT2D eigenvalue weighted by molar-refractivity contribution is 5.69. The van der Waals surface area contributed by atoms with Gasteiger partial charge in [-0.2, -0.15) is 0 Å². The van der Waals surface area contributed by atoms with Crippen LogP contribution in [0.2, 0.25) is 0 Å². The number of ether oxygens (including phenoxy) is 1. The van der Waals surface area contributed by atoms with Gasteiger partial charge in [0.1, 0.15) is 6.10 Å². The van der Waals surface area contributed by atoms with Crippen molar-refractivity contribution >= 4 is 11.9 Å². The molecule has 0 aromatic heterocycles. The zero-order valence-corrected chi connectivity index (χ0v) is 26.8. The third-order valence-electron chi connectivity index (χ3n) is 7.27. The summed E-state index contributed by atoms with van der Waals surface area (Å²) in [4.78, 5) is 23.2. The van der Waals surface area contributed by atoms with Crippen LogP contribution in [0.5, 0.6) is 0 Å². The van der Waals surface area contributed by atoms with Crippen molar-refractivity contribution in [2.45, 2.75) is 174 Å². The topological polar surface area (TPSA) is 63.6 Å². The van der Waals surface area contributed by atoms with Crippen LogP contribution in [0.3, 0.4) is 0 Å². The van der Waals surface area contributed by atoms with Crippen LogP contribution in [-0.2, 0) is 14.3 Å². The molecule has 0 aliphatic carbocycles. The lowest BCUT2D eigenvalue weighted by molar-refractivity contribution is -0.147. The van der Waals surface area contributed by atoms with E-state index in [1.54, 1.807) is 0 Å². The molecule has 0 heterocycles.